The summed E-state index contributed by atoms with van der Waals surface area (Å²) in [5, 5.41) is 0. The lowest BCUT2D eigenvalue weighted by atomic mass is 10.1. The Bertz CT molecular complexity index is 313. The zero-order chi connectivity index (χ0) is 21.4. The molecule has 0 rings (SSSR count). The van der Waals surface area contributed by atoms with E-state index in [0.29, 0.717) is 6.61 Å². The number of carbonyl (C=O) groups excluding carboxylic acids is 1. The minimum Gasteiger partial charge on any atom is -0.449 e. The quantitative estimate of drug-likeness (QED) is 0.166. The number of hydrogen-bond donors (Lipinski definition) is 0. The normalized spacial score (nSPS) is 11.0. The Kier molecular flexibility index (Phi) is 23.0. The molecule has 0 heterocycles. The van der Waals surface area contributed by atoms with E-state index >= 15 is 0 Å². The van der Waals surface area contributed by atoms with Gasteiger partial charge in [0.2, 0.25) is 0 Å². The van der Waals surface area contributed by atoms with Crippen LogP contribution in [0.15, 0.2) is 0 Å². The van der Waals surface area contributed by atoms with Crippen LogP contribution in [-0.4, -0.2) is 30.7 Å². The number of unbranched alkanes of at least 4 members (excludes halogenated alkanes) is 16. The van der Waals surface area contributed by atoms with E-state index in [4.69, 9.17) is 4.74 Å². The van der Waals surface area contributed by atoms with Crippen molar-refractivity contribution in [3.8, 4) is 0 Å². The minimum atomic E-state index is -0.0769. The lowest BCUT2D eigenvalue weighted by Crippen LogP contribution is -2.33. The van der Waals surface area contributed by atoms with Gasteiger partial charge in [0.1, 0.15) is 0 Å². The summed E-state index contributed by atoms with van der Waals surface area (Å²) in [6.45, 7) is 9.04. The maximum absolute atomic E-state index is 12.5. The summed E-state index contributed by atoms with van der Waals surface area (Å²) in [7, 11) is 0. The molecule has 3 heteroatoms. The summed E-state index contributed by atoms with van der Waals surface area (Å²) in [5.41, 5.74) is 0. The maximum atomic E-state index is 12.5. The van der Waals surface area contributed by atoms with Gasteiger partial charge in [0.05, 0.1) is 6.61 Å². The standard InChI is InChI=1S/C26H53NO2/c1-4-7-10-12-14-16-18-20-23-27(26(28)29-25-22-9-6-3)24-21-19-17-15-13-11-8-5-2/h4-25H2,1-3H3. The number of rotatable bonds is 22. The van der Waals surface area contributed by atoms with E-state index in [1.54, 1.807) is 0 Å². The average Bonchev–Trinajstić information content (AvgIpc) is 2.73. The smallest absolute Gasteiger partial charge is 0.409 e. The fraction of sp³-hybridized carbons (Fsp3) is 0.962. The number of carbonyl (C=O) groups is 1. The van der Waals surface area contributed by atoms with Gasteiger partial charge in [0.15, 0.2) is 0 Å². The fourth-order valence-corrected chi connectivity index (χ4v) is 3.77. The van der Waals surface area contributed by atoms with Gasteiger partial charge in [-0.2, -0.15) is 0 Å². The van der Waals surface area contributed by atoms with Crippen molar-refractivity contribution in [3.63, 3.8) is 0 Å². The summed E-state index contributed by atoms with van der Waals surface area (Å²) >= 11 is 0. The summed E-state index contributed by atoms with van der Waals surface area (Å²) in [6, 6.07) is 0. The molecule has 0 aromatic carbocycles. The highest BCUT2D eigenvalue weighted by Crippen LogP contribution is 2.12. The Morgan fingerprint density at radius 1 is 0.517 bits per heavy atom. The van der Waals surface area contributed by atoms with Crippen LogP contribution in [0.1, 0.15) is 143 Å². The fourth-order valence-electron chi connectivity index (χ4n) is 3.77. The molecule has 29 heavy (non-hydrogen) atoms. The Morgan fingerprint density at radius 3 is 1.28 bits per heavy atom. The molecular formula is C26H53NO2. The SMILES string of the molecule is CCCCCCCCCCN(CCCCCCCCCC)C(=O)OCCCCC. The second-order valence-electron chi connectivity index (χ2n) is 8.76. The molecule has 0 aliphatic heterocycles. The second-order valence-corrected chi connectivity index (χ2v) is 8.76. The largest absolute Gasteiger partial charge is 0.449 e. The molecule has 0 atom stereocenters. The number of amides is 1. The van der Waals surface area contributed by atoms with Crippen LogP contribution in [-0.2, 0) is 4.74 Å². The van der Waals surface area contributed by atoms with Crippen LogP contribution in [0.25, 0.3) is 0 Å². The molecule has 0 N–H and O–H groups in total. The minimum absolute atomic E-state index is 0.0769. The summed E-state index contributed by atoms with van der Waals surface area (Å²) in [5.74, 6) is 0. The molecule has 3 nitrogen and oxygen atoms in total. The van der Waals surface area contributed by atoms with E-state index in [9.17, 15) is 4.79 Å². The monoisotopic (exact) mass is 411 g/mol. The molecule has 0 spiro atoms. The van der Waals surface area contributed by atoms with Gasteiger partial charge >= 0.3 is 6.09 Å². The Balaban J connectivity index is 3.98. The van der Waals surface area contributed by atoms with Crippen LogP contribution in [0.3, 0.4) is 0 Å². The van der Waals surface area contributed by atoms with Crippen molar-refractivity contribution in [1.29, 1.82) is 0 Å². The van der Waals surface area contributed by atoms with Gasteiger partial charge in [0.25, 0.3) is 0 Å². The molecule has 0 aromatic rings. The molecule has 0 fully saturated rings. The first-order valence-electron chi connectivity index (χ1n) is 13.2. The van der Waals surface area contributed by atoms with Crippen LogP contribution in [0.4, 0.5) is 4.79 Å². The van der Waals surface area contributed by atoms with E-state index < -0.39 is 0 Å². The lowest BCUT2D eigenvalue weighted by Gasteiger charge is -2.22. The molecule has 0 saturated heterocycles. The molecule has 0 aliphatic carbocycles. The van der Waals surface area contributed by atoms with Gasteiger partial charge in [0, 0.05) is 13.1 Å². The van der Waals surface area contributed by atoms with Crippen LogP contribution in [0.5, 0.6) is 0 Å². The Hall–Kier alpha value is -0.730. The first kappa shape index (κ1) is 28.3. The molecule has 0 unspecified atom stereocenters. The molecule has 0 saturated carbocycles. The van der Waals surface area contributed by atoms with Crippen molar-refractivity contribution in [1.82, 2.24) is 4.90 Å². The number of ether oxygens (including phenoxy) is 1. The second kappa shape index (κ2) is 23.5. The van der Waals surface area contributed by atoms with Gasteiger partial charge in [-0.3, -0.25) is 0 Å². The summed E-state index contributed by atoms with van der Waals surface area (Å²) in [6.07, 6.45) is 24.1. The van der Waals surface area contributed by atoms with E-state index in [1.807, 2.05) is 4.90 Å². The van der Waals surface area contributed by atoms with E-state index in [1.165, 1.54) is 89.9 Å². The van der Waals surface area contributed by atoms with Crippen molar-refractivity contribution in [2.75, 3.05) is 19.7 Å². The number of hydrogen-bond acceptors (Lipinski definition) is 2. The topological polar surface area (TPSA) is 29.5 Å². The van der Waals surface area contributed by atoms with Gasteiger partial charge in [-0.15, -0.1) is 0 Å². The number of nitrogens with zero attached hydrogens (tertiary/aromatic N) is 1. The highest BCUT2D eigenvalue weighted by Gasteiger charge is 2.14. The molecule has 0 radical (unpaired) electrons. The van der Waals surface area contributed by atoms with Crippen molar-refractivity contribution in [2.24, 2.45) is 0 Å². The van der Waals surface area contributed by atoms with E-state index in [2.05, 4.69) is 20.8 Å². The van der Waals surface area contributed by atoms with E-state index in [0.717, 1.165) is 45.2 Å². The highest BCUT2D eigenvalue weighted by molar-refractivity contribution is 5.67. The highest BCUT2D eigenvalue weighted by atomic mass is 16.6. The molecule has 174 valence electrons. The van der Waals surface area contributed by atoms with Crippen LogP contribution in [0, 0.1) is 0 Å². The first-order chi connectivity index (χ1) is 14.3. The maximum Gasteiger partial charge on any atom is 0.409 e. The Labute approximate surface area is 183 Å². The third kappa shape index (κ3) is 20.3. The van der Waals surface area contributed by atoms with Gasteiger partial charge in [-0.1, -0.05) is 124 Å². The van der Waals surface area contributed by atoms with Crippen LogP contribution in [0.2, 0.25) is 0 Å². The van der Waals surface area contributed by atoms with Crippen molar-refractivity contribution >= 4 is 6.09 Å². The molecule has 0 aromatic heterocycles. The van der Waals surface area contributed by atoms with Crippen LogP contribution >= 0.6 is 0 Å². The van der Waals surface area contributed by atoms with Gasteiger partial charge in [-0.25, -0.2) is 4.79 Å². The van der Waals surface area contributed by atoms with Gasteiger partial charge in [-0.05, 0) is 19.3 Å². The van der Waals surface area contributed by atoms with Crippen LogP contribution < -0.4 is 0 Å². The summed E-state index contributed by atoms with van der Waals surface area (Å²) < 4.78 is 5.54. The zero-order valence-electron chi connectivity index (χ0n) is 20.3. The predicted molar refractivity (Wildman–Crippen MR) is 128 cm³/mol. The van der Waals surface area contributed by atoms with Crippen molar-refractivity contribution in [2.45, 2.75) is 143 Å². The lowest BCUT2D eigenvalue weighted by molar-refractivity contribution is 0.0991. The average molecular weight is 412 g/mol. The van der Waals surface area contributed by atoms with Crippen molar-refractivity contribution in [3.05, 3.63) is 0 Å². The zero-order valence-corrected chi connectivity index (χ0v) is 20.3. The van der Waals surface area contributed by atoms with Gasteiger partial charge < -0.3 is 9.64 Å². The molecule has 0 aliphatic rings. The van der Waals surface area contributed by atoms with Crippen molar-refractivity contribution < 1.29 is 9.53 Å². The summed E-state index contributed by atoms with van der Waals surface area (Å²) in [4.78, 5) is 14.5. The predicted octanol–water partition coefficient (Wildman–Crippen LogP) is 8.90. The Morgan fingerprint density at radius 2 is 0.862 bits per heavy atom. The molecule has 0 bridgehead atoms. The third-order valence-electron chi connectivity index (χ3n) is 5.79. The molecular weight excluding hydrogens is 358 g/mol. The third-order valence-corrected chi connectivity index (χ3v) is 5.79. The van der Waals surface area contributed by atoms with E-state index in [-0.39, 0.29) is 6.09 Å². The first-order valence-corrected chi connectivity index (χ1v) is 13.2. The molecule has 1 amide bonds.